The molecule has 4 heterocycles. The third-order valence-electron chi connectivity index (χ3n) is 13.5. The van der Waals surface area contributed by atoms with Crippen LogP contribution in [0, 0.1) is 41.5 Å². The highest BCUT2D eigenvalue weighted by Crippen LogP contribution is 2.51. The van der Waals surface area contributed by atoms with Crippen LogP contribution in [0.25, 0.3) is 76.2 Å². The molecule has 13 aromatic rings. The van der Waals surface area contributed by atoms with Crippen molar-refractivity contribution in [3.05, 3.63) is 203 Å². The maximum atomic E-state index is 10.5. The van der Waals surface area contributed by atoms with Crippen LogP contribution in [0.15, 0.2) is 170 Å². The second-order valence-corrected chi connectivity index (χ2v) is 17.0. The SMILES string of the molecule is [2H]c1c([2H])c([2H])c2c(c1[2H])c1c(N(c3ccccc3)c3cc(C)c(C)c(C)c3)c([2H])c([2H])c3c4c([2H])c5c(c([2H])c4n2c31)c1c([2H])c([2H])c(N(c2ccccc2)c2cc(C)c(C)c(C)c2)c2c3c([2H])c([2H])c([2H])c([2H])c3n5c12. The molecule has 0 aliphatic carbocycles. The lowest BCUT2D eigenvalue weighted by molar-refractivity contribution is 1.22. The van der Waals surface area contributed by atoms with Crippen molar-refractivity contribution < 1.29 is 19.2 Å². The first-order chi connectivity index (χ1) is 37.1. The average molecular weight is 837 g/mol. The molecule has 0 unspecified atom stereocenters. The molecule has 0 saturated heterocycles. The fraction of sp³-hybridized carbons (Fsp3) is 0.100. The van der Waals surface area contributed by atoms with Crippen molar-refractivity contribution >= 4 is 110 Å². The van der Waals surface area contributed by atoms with Gasteiger partial charge < -0.3 is 18.6 Å². The molecule has 0 bridgehead atoms. The van der Waals surface area contributed by atoms with Crippen molar-refractivity contribution in [2.75, 3.05) is 9.80 Å². The molecule has 306 valence electrons. The minimum atomic E-state index is -0.563. The number of rotatable bonds is 6. The fourth-order valence-electron chi connectivity index (χ4n) is 9.99. The van der Waals surface area contributed by atoms with Gasteiger partial charge in [-0.25, -0.2) is 0 Å². The van der Waals surface area contributed by atoms with Crippen LogP contribution in [0.2, 0.25) is 0 Å². The van der Waals surface area contributed by atoms with Gasteiger partial charge in [0.25, 0.3) is 0 Å². The van der Waals surface area contributed by atoms with Crippen molar-refractivity contribution in [3.63, 3.8) is 0 Å². The number of fused-ring (bicyclic) bond motifs is 12. The molecule has 0 fully saturated rings. The van der Waals surface area contributed by atoms with Gasteiger partial charge in [0, 0.05) is 65.8 Å². The van der Waals surface area contributed by atoms with E-state index in [1.807, 2.05) is 136 Å². The number of aromatic nitrogens is 2. The van der Waals surface area contributed by atoms with Crippen LogP contribution in [0.3, 0.4) is 0 Å². The normalized spacial score (nSPS) is 15.3. The third-order valence-corrected chi connectivity index (χ3v) is 13.5. The van der Waals surface area contributed by atoms with E-state index in [9.17, 15) is 13.7 Å². The van der Waals surface area contributed by atoms with Crippen molar-refractivity contribution in [3.8, 4) is 0 Å². The molecule has 0 spiro atoms. The molecule has 64 heavy (non-hydrogen) atoms. The third kappa shape index (κ3) is 4.94. The standard InChI is InChI=1S/C60H46N4/c1-35-29-43(30-36(2)39(35)5)61(41-17-9-7-10-18-41)53-27-25-45-49-33-56-50(34-55(49)63-51-23-15-13-21-47(51)57(53)59(45)63)46-26-28-54(58-48-22-14-16-24-52(48)64(56)60(46)58)62(42-19-11-8-12-20-42)44-31-37(3)40(6)38(4)32-44/h7-34H,1-6H3/i13D,14D,15D,16D,21D,22D,23D,24D,25D,26D,27D,28D,33D,34D. The van der Waals surface area contributed by atoms with Crippen molar-refractivity contribution in [2.45, 2.75) is 41.5 Å². The van der Waals surface area contributed by atoms with Gasteiger partial charge in [-0.05, 0) is 160 Å². The van der Waals surface area contributed by atoms with E-state index in [1.165, 1.54) is 8.80 Å². The first-order valence-electron chi connectivity index (χ1n) is 28.3. The summed E-state index contributed by atoms with van der Waals surface area (Å²) in [6.45, 7) is 11.9. The van der Waals surface area contributed by atoms with E-state index in [1.54, 1.807) is 0 Å². The Labute approximate surface area is 391 Å². The summed E-state index contributed by atoms with van der Waals surface area (Å²) in [4.78, 5) is 3.64. The van der Waals surface area contributed by atoms with Crippen LogP contribution >= 0.6 is 0 Å². The van der Waals surface area contributed by atoms with E-state index in [2.05, 4.69) is 0 Å². The van der Waals surface area contributed by atoms with Crippen molar-refractivity contribution in [1.29, 1.82) is 0 Å². The molecule has 0 saturated carbocycles. The quantitative estimate of drug-likeness (QED) is 0.166. The smallest absolute Gasteiger partial charge is 0.0653 e. The van der Waals surface area contributed by atoms with Gasteiger partial charge >= 0.3 is 0 Å². The van der Waals surface area contributed by atoms with Crippen LogP contribution in [-0.4, -0.2) is 8.80 Å². The molecule has 4 nitrogen and oxygen atoms in total. The molecule has 0 aliphatic rings. The van der Waals surface area contributed by atoms with Crippen LogP contribution < -0.4 is 9.80 Å². The van der Waals surface area contributed by atoms with Crippen LogP contribution in [0.4, 0.5) is 34.1 Å². The minimum absolute atomic E-state index is 0.00981. The van der Waals surface area contributed by atoms with Crippen molar-refractivity contribution in [1.82, 2.24) is 8.80 Å². The predicted molar refractivity (Wildman–Crippen MR) is 274 cm³/mol. The Kier molecular flexibility index (Phi) is 5.28. The van der Waals surface area contributed by atoms with E-state index in [0.29, 0.717) is 22.7 Å². The lowest BCUT2D eigenvalue weighted by Gasteiger charge is -2.27. The van der Waals surface area contributed by atoms with Gasteiger partial charge in [0.1, 0.15) is 0 Å². The summed E-state index contributed by atoms with van der Waals surface area (Å²) >= 11 is 0. The molecular formula is C60H46N4. The molecule has 0 radical (unpaired) electrons. The van der Waals surface area contributed by atoms with Gasteiger partial charge in [0.2, 0.25) is 0 Å². The van der Waals surface area contributed by atoms with Crippen LogP contribution in [0.1, 0.15) is 52.6 Å². The largest absolute Gasteiger partial charge is 0.310 e. The number of benzene rings is 9. The van der Waals surface area contributed by atoms with E-state index < -0.39 is 48.3 Å². The number of hydrogen-bond acceptors (Lipinski definition) is 2. The molecule has 13 rings (SSSR count). The lowest BCUT2D eigenvalue weighted by Crippen LogP contribution is -2.11. The van der Waals surface area contributed by atoms with Gasteiger partial charge in [-0.15, -0.1) is 0 Å². The molecule has 4 aromatic heterocycles. The topological polar surface area (TPSA) is 15.3 Å². The lowest BCUT2D eigenvalue weighted by atomic mass is 10.00. The first kappa shape index (κ1) is 25.3. The van der Waals surface area contributed by atoms with Gasteiger partial charge in [-0.1, -0.05) is 84.7 Å². The number of aryl methyl sites for hydroxylation is 4. The monoisotopic (exact) mass is 836 g/mol. The zero-order chi connectivity index (χ0) is 55.3. The zero-order valence-electron chi connectivity index (χ0n) is 49.9. The number of para-hydroxylation sites is 4. The molecule has 0 atom stereocenters. The van der Waals surface area contributed by atoms with E-state index in [4.69, 9.17) is 5.48 Å². The summed E-state index contributed by atoms with van der Waals surface area (Å²) in [5.74, 6) is 0. The summed E-state index contributed by atoms with van der Waals surface area (Å²) in [7, 11) is 0. The Balaban J connectivity index is 1.29. The minimum Gasteiger partial charge on any atom is -0.310 e. The van der Waals surface area contributed by atoms with E-state index in [0.717, 1.165) is 33.4 Å². The summed E-state index contributed by atoms with van der Waals surface area (Å²) in [6, 6.07) is 20.4. The van der Waals surface area contributed by atoms with Gasteiger partial charge in [-0.3, -0.25) is 0 Å². The Morgan fingerprint density at radius 3 is 1.14 bits per heavy atom. The zero-order valence-corrected chi connectivity index (χ0v) is 35.9. The molecule has 4 heteroatoms. The number of anilines is 6. The Morgan fingerprint density at radius 1 is 0.375 bits per heavy atom. The first-order valence-corrected chi connectivity index (χ1v) is 21.3. The maximum absolute atomic E-state index is 10.5. The molecular weight excluding hydrogens is 777 g/mol. The average Bonchev–Trinajstić information content (AvgIpc) is 4.36. The van der Waals surface area contributed by atoms with Crippen LogP contribution in [-0.2, 0) is 0 Å². The van der Waals surface area contributed by atoms with Gasteiger partial charge in [0.15, 0.2) is 0 Å². The number of nitrogens with zero attached hydrogens (tertiary/aromatic N) is 4. The summed E-state index contributed by atoms with van der Waals surface area (Å²) < 4.78 is 139. The highest BCUT2D eigenvalue weighted by atomic mass is 15.2. The Hall–Kier alpha value is -7.82. The second kappa shape index (κ2) is 13.3. The number of hydrogen-bond donors (Lipinski definition) is 0. The highest BCUT2D eigenvalue weighted by Gasteiger charge is 2.28. The molecule has 0 N–H and O–H groups in total. The van der Waals surface area contributed by atoms with Crippen molar-refractivity contribution in [2.24, 2.45) is 0 Å². The fourth-order valence-corrected chi connectivity index (χ4v) is 9.99. The van der Waals surface area contributed by atoms with E-state index in [-0.39, 0.29) is 124 Å². The molecule has 0 aliphatic heterocycles. The second-order valence-electron chi connectivity index (χ2n) is 17.0. The Morgan fingerprint density at radius 2 is 0.750 bits per heavy atom. The van der Waals surface area contributed by atoms with Crippen LogP contribution in [0.5, 0.6) is 0 Å². The maximum Gasteiger partial charge on any atom is 0.0653 e. The predicted octanol–water partition coefficient (Wildman–Crippen LogP) is 16.8. The summed E-state index contributed by atoms with van der Waals surface area (Å²) in [6.07, 6.45) is 0. The summed E-state index contributed by atoms with van der Waals surface area (Å²) in [5, 5.41) is 0.473. The van der Waals surface area contributed by atoms with E-state index >= 15 is 0 Å². The van der Waals surface area contributed by atoms with Gasteiger partial charge in [-0.2, -0.15) is 0 Å². The summed E-state index contributed by atoms with van der Waals surface area (Å²) in [5.41, 5.74) is 8.80. The molecule has 9 aromatic carbocycles. The Bertz CT molecular complexity index is 4500. The highest BCUT2D eigenvalue weighted by molar-refractivity contribution is 6.32. The molecule has 0 amide bonds. The van der Waals surface area contributed by atoms with Gasteiger partial charge in [0.05, 0.1) is 63.7 Å².